The SMILES string of the molecule is COC(C)CSCc1ccncn1. The molecule has 1 atom stereocenters. The van der Waals surface area contributed by atoms with Crippen LogP contribution in [0.3, 0.4) is 0 Å². The third-order valence-electron chi connectivity index (χ3n) is 1.65. The first-order chi connectivity index (χ1) is 6.33. The molecule has 0 bridgehead atoms. The maximum Gasteiger partial charge on any atom is 0.115 e. The Hall–Kier alpha value is -0.610. The fourth-order valence-electron chi connectivity index (χ4n) is 0.801. The van der Waals surface area contributed by atoms with E-state index in [0.717, 1.165) is 17.2 Å². The van der Waals surface area contributed by atoms with Gasteiger partial charge in [0.15, 0.2) is 0 Å². The highest BCUT2D eigenvalue weighted by atomic mass is 32.2. The maximum absolute atomic E-state index is 5.13. The van der Waals surface area contributed by atoms with Crippen molar-refractivity contribution < 1.29 is 4.74 Å². The van der Waals surface area contributed by atoms with Crippen LogP contribution in [0.4, 0.5) is 0 Å². The quantitative estimate of drug-likeness (QED) is 0.722. The van der Waals surface area contributed by atoms with E-state index in [0.29, 0.717) is 6.10 Å². The molecular formula is C9H14N2OS. The molecule has 1 aromatic heterocycles. The normalized spacial score (nSPS) is 12.8. The molecule has 1 aromatic rings. The van der Waals surface area contributed by atoms with Gasteiger partial charge in [-0.3, -0.25) is 0 Å². The molecule has 1 heterocycles. The summed E-state index contributed by atoms with van der Waals surface area (Å²) in [7, 11) is 1.73. The first-order valence-electron chi connectivity index (χ1n) is 4.18. The van der Waals surface area contributed by atoms with Crippen LogP contribution in [0.25, 0.3) is 0 Å². The van der Waals surface area contributed by atoms with Crippen LogP contribution < -0.4 is 0 Å². The summed E-state index contributed by atoms with van der Waals surface area (Å²) in [5.41, 5.74) is 1.07. The molecule has 4 heteroatoms. The highest BCUT2D eigenvalue weighted by molar-refractivity contribution is 7.98. The van der Waals surface area contributed by atoms with Crippen molar-refractivity contribution in [1.29, 1.82) is 0 Å². The van der Waals surface area contributed by atoms with Crippen molar-refractivity contribution in [1.82, 2.24) is 9.97 Å². The lowest BCUT2D eigenvalue weighted by Gasteiger charge is -2.07. The molecule has 1 unspecified atom stereocenters. The van der Waals surface area contributed by atoms with Gasteiger partial charge in [-0.2, -0.15) is 11.8 Å². The molecule has 13 heavy (non-hydrogen) atoms. The summed E-state index contributed by atoms with van der Waals surface area (Å²) in [5, 5.41) is 0. The van der Waals surface area contributed by atoms with Gasteiger partial charge in [0, 0.05) is 24.8 Å². The Bertz CT molecular complexity index is 230. The third-order valence-corrected chi connectivity index (χ3v) is 2.85. The lowest BCUT2D eigenvalue weighted by molar-refractivity contribution is 0.138. The number of rotatable bonds is 5. The van der Waals surface area contributed by atoms with Gasteiger partial charge in [0.2, 0.25) is 0 Å². The minimum atomic E-state index is 0.312. The van der Waals surface area contributed by atoms with Crippen LogP contribution >= 0.6 is 11.8 Å². The van der Waals surface area contributed by atoms with Gasteiger partial charge >= 0.3 is 0 Å². The van der Waals surface area contributed by atoms with Crippen LogP contribution in [-0.2, 0) is 10.5 Å². The molecule has 0 amide bonds. The van der Waals surface area contributed by atoms with Gasteiger partial charge in [-0.15, -0.1) is 0 Å². The van der Waals surface area contributed by atoms with E-state index < -0.39 is 0 Å². The summed E-state index contributed by atoms with van der Waals surface area (Å²) in [6, 6.07) is 1.93. The number of methoxy groups -OCH3 is 1. The molecule has 3 nitrogen and oxygen atoms in total. The largest absolute Gasteiger partial charge is 0.381 e. The van der Waals surface area contributed by atoms with Crippen LogP contribution in [0.1, 0.15) is 12.6 Å². The van der Waals surface area contributed by atoms with Crippen molar-refractivity contribution in [3.05, 3.63) is 24.3 Å². The highest BCUT2D eigenvalue weighted by Crippen LogP contribution is 2.11. The Morgan fingerprint density at radius 1 is 1.62 bits per heavy atom. The first-order valence-corrected chi connectivity index (χ1v) is 5.34. The number of hydrogen-bond donors (Lipinski definition) is 0. The molecule has 0 spiro atoms. The molecule has 0 N–H and O–H groups in total. The van der Waals surface area contributed by atoms with E-state index in [1.54, 1.807) is 19.6 Å². The second-order valence-corrected chi connectivity index (χ2v) is 3.79. The Labute approximate surface area is 82.9 Å². The van der Waals surface area contributed by atoms with Crippen molar-refractivity contribution in [3.63, 3.8) is 0 Å². The predicted octanol–water partition coefficient (Wildman–Crippen LogP) is 1.74. The first kappa shape index (κ1) is 10.5. The van der Waals surface area contributed by atoms with Crippen LogP contribution in [0.2, 0.25) is 0 Å². The molecule has 0 radical (unpaired) electrons. The molecule has 0 aliphatic rings. The van der Waals surface area contributed by atoms with Gasteiger partial charge in [0.25, 0.3) is 0 Å². The average molecular weight is 198 g/mol. The second-order valence-electron chi connectivity index (χ2n) is 2.76. The van der Waals surface area contributed by atoms with Crippen LogP contribution in [0.5, 0.6) is 0 Å². The number of hydrogen-bond acceptors (Lipinski definition) is 4. The standard InChI is InChI=1S/C9H14N2OS/c1-8(12-2)5-13-6-9-3-4-10-7-11-9/h3-4,7-8H,5-6H2,1-2H3. The summed E-state index contributed by atoms with van der Waals surface area (Å²) >= 11 is 1.82. The van der Waals surface area contributed by atoms with Gasteiger partial charge in [0.05, 0.1) is 11.8 Å². The fraction of sp³-hybridized carbons (Fsp3) is 0.556. The Balaban J connectivity index is 2.20. The van der Waals surface area contributed by atoms with Gasteiger partial charge in [0.1, 0.15) is 6.33 Å². The molecule has 72 valence electrons. The average Bonchev–Trinajstić information content (AvgIpc) is 2.19. The Morgan fingerprint density at radius 3 is 3.08 bits per heavy atom. The molecular weight excluding hydrogens is 184 g/mol. The van der Waals surface area contributed by atoms with Gasteiger partial charge in [-0.25, -0.2) is 9.97 Å². The summed E-state index contributed by atoms with van der Waals surface area (Å²) in [6.45, 7) is 2.06. The zero-order chi connectivity index (χ0) is 9.52. The second kappa shape index (κ2) is 5.94. The number of aromatic nitrogens is 2. The van der Waals surface area contributed by atoms with Crippen LogP contribution in [0, 0.1) is 0 Å². The van der Waals surface area contributed by atoms with Crippen LogP contribution in [-0.4, -0.2) is 28.9 Å². The van der Waals surface area contributed by atoms with Crippen molar-refractivity contribution in [2.45, 2.75) is 18.8 Å². The summed E-state index contributed by atoms with van der Waals surface area (Å²) in [4.78, 5) is 7.99. The summed E-state index contributed by atoms with van der Waals surface area (Å²) in [6.07, 6.45) is 3.66. The van der Waals surface area contributed by atoms with E-state index in [1.807, 2.05) is 17.8 Å². The summed E-state index contributed by atoms with van der Waals surface area (Å²) < 4.78 is 5.13. The van der Waals surface area contributed by atoms with E-state index in [1.165, 1.54) is 0 Å². The molecule has 0 aromatic carbocycles. The lowest BCUT2D eigenvalue weighted by Crippen LogP contribution is -2.07. The minimum Gasteiger partial charge on any atom is -0.381 e. The highest BCUT2D eigenvalue weighted by Gasteiger charge is 1.99. The topological polar surface area (TPSA) is 35.0 Å². The van der Waals surface area contributed by atoms with E-state index in [2.05, 4.69) is 16.9 Å². The molecule has 0 aliphatic heterocycles. The van der Waals surface area contributed by atoms with Crippen molar-refractivity contribution in [3.8, 4) is 0 Å². The fourth-order valence-corrected chi connectivity index (χ4v) is 1.77. The van der Waals surface area contributed by atoms with Gasteiger partial charge in [-0.05, 0) is 13.0 Å². The zero-order valence-electron chi connectivity index (χ0n) is 7.93. The smallest absolute Gasteiger partial charge is 0.115 e. The maximum atomic E-state index is 5.13. The molecule has 0 saturated heterocycles. The monoisotopic (exact) mass is 198 g/mol. The number of nitrogens with zero attached hydrogens (tertiary/aromatic N) is 2. The van der Waals surface area contributed by atoms with E-state index in [4.69, 9.17) is 4.74 Å². The molecule has 0 saturated carbocycles. The van der Waals surface area contributed by atoms with E-state index in [-0.39, 0.29) is 0 Å². The molecule has 1 rings (SSSR count). The van der Waals surface area contributed by atoms with Crippen molar-refractivity contribution in [2.75, 3.05) is 12.9 Å². The molecule has 0 aliphatic carbocycles. The van der Waals surface area contributed by atoms with Crippen molar-refractivity contribution >= 4 is 11.8 Å². The minimum absolute atomic E-state index is 0.312. The van der Waals surface area contributed by atoms with Crippen LogP contribution in [0.15, 0.2) is 18.6 Å². The summed E-state index contributed by atoms with van der Waals surface area (Å²) in [5.74, 6) is 1.93. The Morgan fingerprint density at radius 2 is 2.46 bits per heavy atom. The Kier molecular flexibility index (Phi) is 4.78. The lowest BCUT2D eigenvalue weighted by atomic mass is 10.5. The zero-order valence-corrected chi connectivity index (χ0v) is 8.75. The van der Waals surface area contributed by atoms with Gasteiger partial charge < -0.3 is 4.74 Å². The predicted molar refractivity (Wildman–Crippen MR) is 54.7 cm³/mol. The van der Waals surface area contributed by atoms with E-state index >= 15 is 0 Å². The molecule has 0 fully saturated rings. The number of ether oxygens (including phenoxy) is 1. The van der Waals surface area contributed by atoms with E-state index in [9.17, 15) is 0 Å². The van der Waals surface area contributed by atoms with Crippen molar-refractivity contribution in [2.24, 2.45) is 0 Å². The number of thioether (sulfide) groups is 1. The third kappa shape index (κ3) is 4.24. The van der Waals surface area contributed by atoms with Gasteiger partial charge in [-0.1, -0.05) is 0 Å².